The molecule has 0 saturated carbocycles. The number of aliphatic hydroxyl groups excluding tert-OH is 1. The first-order chi connectivity index (χ1) is 10.3. The van der Waals surface area contributed by atoms with Gasteiger partial charge in [-0.3, -0.25) is 0 Å². The quantitative estimate of drug-likeness (QED) is 0.882. The van der Waals surface area contributed by atoms with Gasteiger partial charge in [-0.2, -0.15) is 0 Å². The van der Waals surface area contributed by atoms with E-state index < -0.39 is 16.1 Å². The lowest BCUT2D eigenvalue weighted by Crippen LogP contribution is -2.46. The van der Waals surface area contributed by atoms with Crippen LogP contribution in [-0.2, 0) is 10.0 Å². The van der Waals surface area contributed by atoms with Crippen LogP contribution in [-0.4, -0.2) is 61.7 Å². The van der Waals surface area contributed by atoms with E-state index in [2.05, 4.69) is 4.90 Å². The largest absolute Gasteiger partial charge is 0.387 e. The first-order valence-electron chi connectivity index (χ1n) is 7.37. The zero-order chi connectivity index (χ0) is 16.3. The third-order valence-electron chi connectivity index (χ3n) is 4.24. The van der Waals surface area contributed by atoms with E-state index in [0.717, 1.165) is 18.4 Å². The number of piperidine rings is 1. The van der Waals surface area contributed by atoms with Crippen LogP contribution < -0.4 is 0 Å². The molecule has 1 heterocycles. The number of rotatable bonds is 5. The Morgan fingerprint density at radius 2 is 1.95 bits per heavy atom. The molecule has 1 fully saturated rings. The van der Waals surface area contributed by atoms with Crippen LogP contribution in [0.1, 0.15) is 24.5 Å². The summed E-state index contributed by atoms with van der Waals surface area (Å²) < 4.78 is 24.6. The fourth-order valence-corrected chi connectivity index (χ4v) is 4.02. The predicted molar refractivity (Wildman–Crippen MR) is 88.5 cm³/mol. The summed E-state index contributed by atoms with van der Waals surface area (Å²) in [6, 6.07) is 7.56. The topological polar surface area (TPSA) is 60.9 Å². The molecule has 1 aliphatic heterocycles. The first kappa shape index (κ1) is 17.7. The number of benzene rings is 1. The molecule has 2 rings (SSSR count). The minimum absolute atomic E-state index is 0.273. The molecule has 22 heavy (non-hydrogen) atoms. The molecule has 0 aromatic heterocycles. The fraction of sp³-hybridized carbons (Fsp3) is 0.600. The fourth-order valence-electron chi connectivity index (χ4n) is 2.88. The third kappa shape index (κ3) is 4.43. The van der Waals surface area contributed by atoms with Gasteiger partial charge < -0.3 is 10.0 Å². The van der Waals surface area contributed by atoms with Crippen molar-refractivity contribution in [2.45, 2.75) is 25.0 Å². The Labute approximate surface area is 137 Å². The zero-order valence-electron chi connectivity index (χ0n) is 12.9. The first-order valence-corrected chi connectivity index (χ1v) is 9.59. The van der Waals surface area contributed by atoms with Crippen molar-refractivity contribution in [1.82, 2.24) is 9.21 Å². The molecule has 0 amide bonds. The molecule has 1 unspecified atom stereocenters. The molecule has 124 valence electrons. The summed E-state index contributed by atoms with van der Waals surface area (Å²) in [7, 11) is -1.14. The molecule has 0 radical (unpaired) electrons. The van der Waals surface area contributed by atoms with E-state index >= 15 is 0 Å². The number of aliphatic hydroxyl groups is 1. The zero-order valence-corrected chi connectivity index (χ0v) is 14.5. The van der Waals surface area contributed by atoms with E-state index in [0.29, 0.717) is 24.7 Å². The van der Waals surface area contributed by atoms with Gasteiger partial charge in [0.2, 0.25) is 10.0 Å². The Morgan fingerprint density at radius 1 is 1.36 bits per heavy atom. The van der Waals surface area contributed by atoms with Crippen LogP contribution in [0, 0.1) is 0 Å². The van der Waals surface area contributed by atoms with Gasteiger partial charge in [0.05, 0.1) is 12.4 Å². The highest BCUT2D eigenvalue weighted by molar-refractivity contribution is 7.88. The highest BCUT2D eigenvalue weighted by Crippen LogP contribution is 2.25. The summed E-state index contributed by atoms with van der Waals surface area (Å²) in [4.78, 5) is 2.09. The molecule has 1 atom stereocenters. The SMILES string of the molecule is CN(CC(O)c1ccccc1Cl)C1CCN(S(C)(=O)=O)CC1. The molecule has 0 aliphatic carbocycles. The van der Waals surface area contributed by atoms with Gasteiger partial charge in [0.25, 0.3) is 0 Å². The number of sulfonamides is 1. The van der Waals surface area contributed by atoms with Gasteiger partial charge >= 0.3 is 0 Å². The van der Waals surface area contributed by atoms with Crippen molar-refractivity contribution in [2.24, 2.45) is 0 Å². The number of hydrogen-bond acceptors (Lipinski definition) is 4. The Hall–Kier alpha value is -0.660. The highest BCUT2D eigenvalue weighted by atomic mass is 35.5. The van der Waals surface area contributed by atoms with E-state index in [1.807, 2.05) is 25.2 Å². The van der Waals surface area contributed by atoms with E-state index in [-0.39, 0.29) is 6.04 Å². The van der Waals surface area contributed by atoms with Crippen LogP contribution >= 0.6 is 11.6 Å². The van der Waals surface area contributed by atoms with Crippen molar-refractivity contribution in [2.75, 3.05) is 32.9 Å². The molecule has 1 N–H and O–H groups in total. The predicted octanol–water partition coefficient (Wildman–Crippen LogP) is 1.73. The van der Waals surface area contributed by atoms with Crippen molar-refractivity contribution in [3.05, 3.63) is 34.9 Å². The second-order valence-electron chi connectivity index (χ2n) is 5.87. The number of nitrogens with zero attached hydrogens (tertiary/aromatic N) is 2. The maximum atomic E-state index is 11.5. The summed E-state index contributed by atoms with van der Waals surface area (Å²) in [5.74, 6) is 0. The third-order valence-corrected chi connectivity index (χ3v) is 5.89. The van der Waals surface area contributed by atoms with Gasteiger partial charge in [0, 0.05) is 36.3 Å². The summed E-state index contributed by atoms with van der Waals surface area (Å²) in [6.45, 7) is 1.55. The van der Waals surface area contributed by atoms with Crippen LogP contribution in [0.2, 0.25) is 5.02 Å². The van der Waals surface area contributed by atoms with Crippen molar-refractivity contribution in [1.29, 1.82) is 0 Å². The molecule has 1 aromatic rings. The second kappa shape index (κ2) is 7.27. The lowest BCUT2D eigenvalue weighted by atomic mass is 10.0. The monoisotopic (exact) mass is 346 g/mol. The molecule has 7 heteroatoms. The van der Waals surface area contributed by atoms with Gasteiger partial charge in [-0.05, 0) is 26.0 Å². The maximum Gasteiger partial charge on any atom is 0.211 e. The second-order valence-corrected chi connectivity index (χ2v) is 8.26. The van der Waals surface area contributed by atoms with Gasteiger partial charge in [-0.1, -0.05) is 29.8 Å². The Morgan fingerprint density at radius 3 is 2.50 bits per heavy atom. The Kier molecular flexibility index (Phi) is 5.85. The van der Waals surface area contributed by atoms with Crippen LogP contribution in [0.15, 0.2) is 24.3 Å². The highest BCUT2D eigenvalue weighted by Gasteiger charge is 2.28. The molecule has 0 bridgehead atoms. The Balaban J connectivity index is 1.91. The molecule has 1 aromatic carbocycles. The number of likely N-dealkylation sites (N-methyl/N-ethyl adjacent to an activating group) is 1. The van der Waals surface area contributed by atoms with Crippen LogP contribution in [0.25, 0.3) is 0 Å². The van der Waals surface area contributed by atoms with Crippen molar-refractivity contribution in [3.63, 3.8) is 0 Å². The normalized spacial score (nSPS) is 19.5. The molecular formula is C15H23ClN2O3S. The molecule has 1 saturated heterocycles. The number of hydrogen-bond donors (Lipinski definition) is 1. The maximum absolute atomic E-state index is 11.5. The van der Waals surface area contributed by atoms with Crippen LogP contribution in [0.5, 0.6) is 0 Å². The Bertz CT molecular complexity index is 601. The van der Waals surface area contributed by atoms with Crippen LogP contribution in [0.4, 0.5) is 0 Å². The minimum atomic E-state index is -3.10. The van der Waals surface area contributed by atoms with Gasteiger partial charge in [-0.25, -0.2) is 12.7 Å². The standard InChI is InChI=1S/C15H23ClN2O3S/c1-17(11-15(19)13-5-3-4-6-14(13)16)12-7-9-18(10-8-12)22(2,20)21/h3-6,12,15,19H,7-11H2,1-2H3. The molecule has 1 aliphatic rings. The van der Waals surface area contributed by atoms with E-state index in [1.54, 1.807) is 6.07 Å². The van der Waals surface area contributed by atoms with Crippen molar-refractivity contribution in [3.8, 4) is 0 Å². The van der Waals surface area contributed by atoms with Crippen molar-refractivity contribution < 1.29 is 13.5 Å². The summed E-state index contributed by atoms with van der Waals surface area (Å²) in [5.41, 5.74) is 0.726. The summed E-state index contributed by atoms with van der Waals surface area (Å²) in [5, 5.41) is 10.9. The molecular weight excluding hydrogens is 324 g/mol. The average molecular weight is 347 g/mol. The smallest absolute Gasteiger partial charge is 0.211 e. The minimum Gasteiger partial charge on any atom is -0.387 e. The lowest BCUT2D eigenvalue weighted by molar-refractivity contribution is 0.0860. The number of halogens is 1. The van der Waals surface area contributed by atoms with E-state index in [4.69, 9.17) is 11.6 Å². The molecule has 0 spiro atoms. The van der Waals surface area contributed by atoms with Gasteiger partial charge in [0.15, 0.2) is 0 Å². The van der Waals surface area contributed by atoms with Crippen LogP contribution in [0.3, 0.4) is 0 Å². The summed E-state index contributed by atoms with van der Waals surface area (Å²) in [6.07, 6.45) is 2.15. The van der Waals surface area contributed by atoms with Gasteiger partial charge in [-0.15, -0.1) is 0 Å². The lowest BCUT2D eigenvalue weighted by Gasteiger charge is -2.36. The average Bonchev–Trinajstić information content (AvgIpc) is 2.46. The van der Waals surface area contributed by atoms with E-state index in [1.165, 1.54) is 10.6 Å². The molecule has 5 nitrogen and oxygen atoms in total. The van der Waals surface area contributed by atoms with Gasteiger partial charge in [0.1, 0.15) is 0 Å². The summed E-state index contributed by atoms with van der Waals surface area (Å²) >= 11 is 6.11. The van der Waals surface area contributed by atoms with E-state index in [9.17, 15) is 13.5 Å². The van der Waals surface area contributed by atoms with Crippen molar-refractivity contribution >= 4 is 21.6 Å².